The van der Waals surface area contributed by atoms with Crippen LogP contribution in [0.4, 0.5) is 0 Å². The number of hydrogen-bond acceptors (Lipinski definition) is 4. The van der Waals surface area contributed by atoms with E-state index in [1.807, 2.05) is 6.07 Å². The highest BCUT2D eigenvalue weighted by molar-refractivity contribution is 6.30. The zero-order valence-corrected chi connectivity index (χ0v) is 12.7. The van der Waals surface area contributed by atoms with Crippen molar-refractivity contribution < 1.29 is 9.47 Å². The average Bonchev–Trinajstić information content (AvgIpc) is 2.35. The van der Waals surface area contributed by atoms with Gasteiger partial charge in [0.2, 0.25) is 0 Å². The fourth-order valence-corrected chi connectivity index (χ4v) is 3.13. The maximum atomic E-state index is 6.48. The standard InChI is InChI=1S/C15H21ClN2O2/c1-18-8-11(9-18)20-14-12(15(17)4-3-5-15)6-10(16)7-13(14)19-2/h6-7,11H,3-5,8-9,17H2,1-2H3. The lowest BCUT2D eigenvalue weighted by atomic mass is 9.72. The minimum Gasteiger partial charge on any atom is -0.493 e. The third kappa shape index (κ3) is 2.36. The van der Waals surface area contributed by atoms with Gasteiger partial charge >= 0.3 is 0 Å². The third-order valence-electron chi connectivity index (χ3n) is 4.34. The highest BCUT2D eigenvalue weighted by atomic mass is 35.5. The first-order chi connectivity index (χ1) is 9.51. The van der Waals surface area contributed by atoms with Crippen molar-refractivity contribution in [3.05, 3.63) is 22.7 Å². The smallest absolute Gasteiger partial charge is 0.166 e. The van der Waals surface area contributed by atoms with Gasteiger partial charge in [-0.3, -0.25) is 4.90 Å². The van der Waals surface area contributed by atoms with Crippen molar-refractivity contribution in [1.82, 2.24) is 4.90 Å². The van der Waals surface area contributed by atoms with Crippen LogP contribution in [0.2, 0.25) is 5.02 Å². The van der Waals surface area contributed by atoms with E-state index in [1.165, 1.54) is 0 Å². The van der Waals surface area contributed by atoms with E-state index in [4.69, 9.17) is 26.8 Å². The number of rotatable bonds is 4. The number of nitrogens with zero attached hydrogens (tertiary/aromatic N) is 1. The van der Waals surface area contributed by atoms with E-state index < -0.39 is 0 Å². The van der Waals surface area contributed by atoms with Gasteiger partial charge in [-0.05, 0) is 32.4 Å². The van der Waals surface area contributed by atoms with E-state index >= 15 is 0 Å². The molecule has 0 bridgehead atoms. The molecule has 1 heterocycles. The Morgan fingerprint density at radius 2 is 2.05 bits per heavy atom. The van der Waals surface area contributed by atoms with E-state index in [0.29, 0.717) is 10.8 Å². The molecule has 20 heavy (non-hydrogen) atoms. The van der Waals surface area contributed by atoms with Gasteiger partial charge in [-0.25, -0.2) is 0 Å². The minimum absolute atomic E-state index is 0.206. The Kier molecular flexibility index (Phi) is 3.56. The normalized spacial score (nSPS) is 22.0. The summed E-state index contributed by atoms with van der Waals surface area (Å²) >= 11 is 6.20. The van der Waals surface area contributed by atoms with Crippen molar-refractivity contribution in [3.63, 3.8) is 0 Å². The van der Waals surface area contributed by atoms with Crippen molar-refractivity contribution in [2.24, 2.45) is 5.73 Å². The fourth-order valence-electron chi connectivity index (χ4n) is 2.92. The molecule has 0 radical (unpaired) electrons. The molecule has 110 valence electrons. The van der Waals surface area contributed by atoms with Gasteiger partial charge < -0.3 is 15.2 Å². The Hall–Kier alpha value is -0.970. The van der Waals surface area contributed by atoms with Crippen LogP contribution in [-0.4, -0.2) is 38.3 Å². The second-order valence-electron chi connectivity index (χ2n) is 5.96. The molecule has 5 heteroatoms. The fraction of sp³-hybridized carbons (Fsp3) is 0.600. The number of ether oxygens (including phenoxy) is 2. The number of hydrogen-bond donors (Lipinski definition) is 1. The van der Waals surface area contributed by atoms with Gasteiger partial charge in [-0.15, -0.1) is 0 Å². The number of nitrogens with two attached hydrogens (primary N) is 1. The van der Waals surface area contributed by atoms with Crippen LogP contribution in [-0.2, 0) is 5.54 Å². The molecule has 0 spiro atoms. The topological polar surface area (TPSA) is 47.7 Å². The summed E-state index contributed by atoms with van der Waals surface area (Å²) in [7, 11) is 3.72. The van der Waals surface area contributed by atoms with Gasteiger partial charge in [-0.2, -0.15) is 0 Å². The molecule has 2 aliphatic rings. The maximum Gasteiger partial charge on any atom is 0.166 e. The predicted molar refractivity (Wildman–Crippen MR) is 79.6 cm³/mol. The van der Waals surface area contributed by atoms with E-state index in [2.05, 4.69) is 11.9 Å². The van der Waals surface area contributed by atoms with Crippen LogP contribution in [0.25, 0.3) is 0 Å². The molecule has 0 amide bonds. The van der Waals surface area contributed by atoms with Crippen molar-refractivity contribution in [1.29, 1.82) is 0 Å². The molecule has 2 fully saturated rings. The van der Waals surface area contributed by atoms with Crippen LogP contribution >= 0.6 is 11.6 Å². The van der Waals surface area contributed by atoms with Crippen molar-refractivity contribution in [3.8, 4) is 11.5 Å². The molecular weight excluding hydrogens is 276 g/mol. The molecule has 0 unspecified atom stereocenters. The zero-order chi connectivity index (χ0) is 14.3. The number of benzene rings is 1. The molecule has 1 saturated carbocycles. The molecule has 0 atom stereocenters. The molecule has 1 aliphatic heterocycles. The van der Waals surface area contributed by atoms with Crippen LogP contribution in [0.5, 0.6) is 11.5 Å². The highest BCUT2D eigenvalue weighted by Gasteiger charge is 2.39. The summed E-state index contributed by atoms with van der Waals surface area (Å²) < 4.78 is 11.6. The molecule has 1 aromatic carbocycles. The summed E-state index contributed by atoms with van der Waals surface area (Å²) in [5.41, 5.74) is 7.15. The van der Waals surface area contributed by atoms with Crippen LogP contribution in [0.1, 0.15) is 24.8 Å². The summed E-state index contributed by atoms with van der Waals surface area (Å²) in [5, 5.41) is 0.645. The first kappa shape index (κ1) is 14.0. The summed E-state index contributed by atoms with van der Waals surface area (Å²) in [6, 6.07) is 3.73. The second-order valence-corrected chi connectivity index (χ2v) is 6.39. The molecule has 0 aromatic heterocycles. The Balaban J connectivity index is 1.95. The Morgan fingerprint density at radius 3 is 2.55 bits per heavy atom. The minimum atomic E-state index is -0.316. The average molecular weight is 297 g/mol. The lowest BCUT2D eigenvalue weighted by Crippen LogP contribution is -2.52. The van der Waals surface area contributed by atoms with Gasteiger partial charge in [0.05, 0.1) is 7.11 Å². The SMILES string of the molecule is COc1cc(Cl)cc(C2(N)CCC2)c1OC1CN(C)C1. The van der Waals surface area contributed by atoms with Crippen molar-refractivity contribution >= 4 is 11.6 Å². The third-order valence-corrected chi connectivity index (χ3v) is 4.56. The van der Waals surface area contributed by atoms with E-state index in [1.54, 1.807) is 13.2 Å². The van der Waals surface area contributed by atoms with Gasteiger partial charge in [-0.1, -0.05) is 11.6 Å². The Bertz CT molecular complexity index is 511. The van der Waals surface area contributed by atoms with Gasteiger partial charge in [0.1, 0.15) is 6.10 Å². The first-order valence-electron chi connectivity index (χ1n) is 7.04. The van der Waals surface area contributed by atoms with E-state index in [0.717, 1.165) is 43.7 Å². The molecular formula is C15H21ClN2O2. The molecule has 1 aliphatic carbocycles. The molecule has 1 saturated heterocycles. The number of methoxy groups -OCH3 is 1. The van der Waals surface area contributed by atoms with E-state index in [9.17, 15) is 0 Å². The van der Waals surface area contributed by atoms with Crippen molar-refractivity contribution in [2.75, 3.05) is 27.2 Å². The van der Waals surface area contributed by atoms with Crippen molar-refractivity contribution in [2.45, 2.75) is 30.9 Å². The van der Waals surface area contributed by atoms with Crippen LogP contribution in [0, 0.1) is 0 Å². The summed E-state index contributed by atoms with van der Waals surface area (Å²) in [6.07, 6.45) is 3.30. The Morgan fingerprint density at radius 1 is 1.35 bits per heavy atom. The lowest BCUT2D eigenvalue weighted by molar-refractivity contribution is 0.0344. The van der Waals surface area contributed by atoms with Gasteiger partial charge in [0, 0.05) is 35.3 Å². The predicted octanol–water partition coefficient (Wildman–Crippen LogP) is 2.38. The first-order valence-corrected chi connectivity index (χ1v) is 7.42. The number of halogens is 1. The Labute approximate surface area is 124 Å². The quantitative estimate of drug-likeness (QED) is 0.927. The lowest BCUT2D eigenvalue weighted by Gasteiger charge is -2.42. The van der Waals surface area contributed by atoms with Crippen LogP contribution < -0.4 is 15.2 Å². The number of likely N-dealkylation sites (tertiary alicyclic amines) is 1. The van der Waals surface area contributed by atoms with Crippen LogP contribution in [0.3, 0.4) is 0 Å². The number of likely N-dealkylation sites (N-methyl/N-ethyl adjacent to an activating group) is 1. The monoisotopic (exact) mass is 296 g/mol. The molecule has 2 N–H and O–H groups in total. The summed E-state index contributed by atoms with van der Waals surface area (Å²) in [4.78, 5) is 2.22. The highest BCUT2D eigenvalue weighted by Crippen LogP contribution is 2.47. The largest absolute Gasteiger partial charge is 0.493 e. The maximum absolute atomic E-state index is 6.48. The zero-order valence-electron chi connectivity index (χ0n) is 12.0. The summed E-state index contributed by atoms with van der Waals surface area (Å²) in [6.45, 7) is 1.87. The molecule has 1 aromatic rings. The van der Waals surface area contributed by atoms with Crippen LogP contribution in [0.15, 0.2) is 12.1 Å². The van der Waals surface area contributed by atoms with Gasteiger partial charge in [0.25, 0.3) is 0 Å². The van der Waals surface area contributed by atoms with Gasteiger partial charge in [0.15, 0.2) is 11.5 Å². The van der Waals surface area contributed by atoms with E-state index in [-0.39, 0.29) is 11.6 Å². The molecule has 3 rings (SSSR count). The summed E-state index contributed by atoms with van der Waals surface area (Å²) in [5.74, 6) is 1.45. The molecule has 4 nitrogen and oxygen atoms in total. The second kappa shape index (κ2) is 5.10.